The Balaban J connectivity index is 1.21. The number of hydrogen-bond acceptors (Lipinski definition) is 3. The van der Waals surface area contributed by atoms with Crippen LogP contribution in [0, 0.1) is 5.41 Å². The lowest BCUT2D eigenvalue weighted by molar-refractivity contribution is -0.232. The highest BCUT2D eigenvalue weighted by Crippen LogP contribution is 2.59. The van der Waals surface area contributed by atoms with Gasteiger partial charge in [0.15, 0.2) is 6.29 Å². The summed E-state index contributed by atoms with van der Waals surface area (Å²) in [5.41, 5.74) is 3.89. The van der Waals surface area contributed by atoms with Crippen LogP contribution in [0.25, 0.3) is 0 Å². The lowest BCUT2D eigenvalue weighted by atomic mass is 9.51. The molecule has 3 nitrogen and oxygen atoms in total. The first-order valence-electron chi connectivity index (χ1n) is 14.3. The molecule has 0 radical (unpaired) electrons. The van der Waals surface area contributed by atoms with Crippen molar-refractivity contribution in [2.24, 2.45) is 5.41 Å². The van der Waals surface area contributed by atoms with Crippen LogP contribution in [0.15, 0.2) is 36.4 Å². The summed E-state index contributed by atoms with van der Waals surface area (Å²) in [5.74, 6) is 0. The lowest BCUT2D eigenvalue weighted by Gasteiger charge is -2.54. The molecule has 190 valence electrons. The topological polar surface area (TPSA) is 27.7 Å². The maximum Gasteiger partial charge on any atom is 0.181 e. The van der Waals surface area contributed by atoms with Crippen LogP contribution in [0.1, 0.15) is 121 Å². The van der Waals surface area contributed by atoms with Crippen molar-refractivity contribution in [3.63, 3.8) is 0 Å². The molecule has 3 saturated carbocycles. The molecule has 4 aliphatic rings. The maximum atomic E-state index is 6.12. The van der Waals surface area contributed by atoms with Crippen LogP contribution in [0.4, 0.5) is 0 Å². The Morgan fingerprint density at radius 3 is 2.18 bits per heavy atom. The lowest BCUT2D eigenvalue weighted by Crippen LogP contribution is -2.44. The number of hydrogen-bond donors (Lipinski definition) is 0. The van der Waals surface area contributed by atoms with E-state index < -0.39 is 0 Å². The van der Waals surface area contributed by atoms with Crippen molar-refractivity contribution in [2.45, 2.75) is 122 Å². The quantitative estimate of drug-likeness (QED) is 0.215. The van der Waals surface area contributed by atoms with Crippen LogP contribution < -0.4 is 0 Å². The fraction of sp³-hybridized carbons (Fsp3) is 0.742. The van der Waals surface area contributed by atoms with Gasteiger partial charge in [0.1, 0.15) is 6.10 Å². The summed E-state index contributed by atoms with van der Waals surface area (Å²) in [6.45, 7) is 6.22. The fourth-order valence-electron chi connectivity index (χ4n) is 6.51. The molecule has 0 aromatic heterocycles. The van der Waals surface area contributed by atoms with E-state index in [1.54, 1.807) is 5.56 Å². The van der Waals surface area contributed by atoms with E-state index in [0.717, 1.165) is 6.42 Å². The van der Waals surface area contributed by atoms with Gasteiger partial charge in [0.2, 0.25) is 0 Å². The van der Waals surface area contributed by atoms with Crippen molar-refractivity contribution in [3.05, 3.63) is 47.5 Å². The monoisotopic (exact) mass is 468 g/mol. The van der Waals surface area contributed by atoms with E-state index in [4.69, 9.17) is 14.2 Å². The zero-order chi connectivity index (χ0) is 23.7. The van der Waals surface area contributed by atoms with Crippen molar-refractivity contribution in [1.82, 2.24) is 0 Å². The van der Waals surface area contributed by atoms with E-state index in [2.05, 4.69) is 50.3 Å². The van der Waals surface area contributed by atoms with E-state index in [1.807, 2.05) is 0 Å². The summed E-state index contributed by atoms with van der Waals surface area (Å²) < 4.78 is 17.9. The minimum absolute atomic E-state index is 0.0138. The molecular weight excluding hydrogens is 420 g/mol. The van der Waals surface area contributed by atoms with E-state index in [9.17, 15) is 0 Å². The molecule has 3 heteroatoms. The van der Waals surface area contributed by atoms with Crippen molar-refractivity contribution in [2.75, 3.05) is 19.8 Å². The molecule has 0 unspecified atom stereocenters. The molecule has 1 aromatic rings. The molecule has 0 N–H and O–H groups in total. The maximum absolute atomic E-state index is 6.12. The van der Waals surface area contributed by atoms with Crippen LogP contribution in [0.5, 0.6) is 0 Å². The highest BCUT2D eigenvalue weighted by atomic mass is 16.7. The molecule has 0 spiro atoms. The van der Waals surface area contributed by atoms with Crippen LogP contribution in [0.2, 0.25) is 0 Å². The second-order valence-electron chi connectivity index (χ2n) is 11.2. The Morgan fingerprint density at radius 1 is 0.824 bits per heavy atom. The molecule has 1 aromatic carbocycles. The predicted molar refractivity (Wildman–Crippen MR) is 140 cm³/mol. The van der Waals surface area contributed by atoms with Gasteiger partial charge in [-0.15, -0.1) is 0 Å². The van der Waals surface area contributed by atoms with Crippen molar-refractivity contribution in [1.29, 1.82) is 0 Å². The second-order valence-corrected chi connectivity index (χ2v) is 11.2. The number of ether oxygens (including phenoxy) is 3. The van der Waals surface area contributed by atoms with Crippen LogP contribution in [0.3, 0.4) is 0 Å². The van der Waals surface area contributed by atoms with Gasteiger partial charge >= 0.3 is 0 Å². The summed E-state index contributed by atoms with van der Waals surface area (Å²) in [6, 6.07) is 9.35. The number of allylic oxidation sites excluding steroid dienone is 1. The molecule has 1 aliphatic heterocycles. The standard InChI is InChI=1S/C31H48O3/c1-3-5-7-8-9-11-23-32-29-25-33-28(24-34-29)26-12-14-27(15-13-26)31-20-17-30(18-21-31,19-22-31)16-10-6-4-2/h9,11-15,28-29H,3-8,10,16-25H2,1-2H3/t28-,29+,30?,31?/m1/s1. The van der Waals surface area contributed by atoms with Crippen LogP contribution >= 0.6 is 0 Å². The number of rotatable bonds is 13. The van der Waals surface area contributed by atoms with Gasteiger partial charge in [-0.25, -0.2) is 0 Å². The van der Waals surface area contributed by atoms with Gasteiger partial charge in [-0.05, 0) is 79.7 Å². The second kappa shape index (κ2) is 12.7. The van der Waals surface area contributed by atoms with Crippen LogP contribution in [-0.2, 0) is 19.6 Å². The van der Waals surface area contributed by atoms with Crippen LogP contribution in [-0.4, -0.2) is 26.1 Å². The molecule has 2 atom stereocenters. The van der Waals surface area contributed by atoms with Gasteiger partial charge < -0.3 is 14.2 Å². The largest absolute Gasteiger partial charge is 0.366 e. The SMILES string of the molecule is CCCCCC=CCO[C@@H]1CO[C@@H](c2ccc(C34CCC(CCCCC)(CC3)CC4)cc2)CO1. The average molecular weight is 469 g/mol. The molecule has 4 fully saturated rings. The first kappa shape index (κ1) is 25.9. The van der Waals surface area contributed by atoms with Gasteiger partial charge in [0, 0.05) is 0 Å². The highest BCUT2D eigenvalue weighted by molar-refractivity contribution is 5.32. The summed E-state index contributed by atoms with van der Waals surface area (Å²) in [5, 5.41) is 0. The zero-order valence-electron chi connectivity index (χ0n) is 21.9. The van der Waals surface area contributed by atoms with Crippen molar-refractivity contribution >= 4 is 0 Å². The Hall–Kier alpha value is -1.16. The smallest absolute Gasteiger partial charge is 0.181 e. The molecule has 1 saturated heterocycles. The van der Waals surface area contributed by atoms with Gasteiger partial charge in [0.25, 0.3) is 0 Å². The Morgan fingerprint density at radius 2 is 1.53 bits per heavy atom. The summed E-state index contributed by atoms with van der Waals surface area (Å²) in [4.78, 5) is 0. The number of unbranched alkanes of at least 4 members (excludes halogenated alkanes) is 5. The fourth-order valence-corrected chi connectivity index (χ4v) is 6.51. The average Bonchev–Trinajstić information content (AvgIpc) is 2.90. The minimum atomic E-state index is -0.253. The number of fused-ring (bicyclic) bond motifs is 3. The molecule has 34 heavy (non-hydrogen) atoms. The summed E-state index contributed by atoms with van der Waals surface area (Å²) in [7, 11) is 0. The van der Waals surface area contributed by atoms with Crippen molar-refractivity contribution in [3.8, 4) is 0 Å². The number of benzene rings is 1. The third-order valence-corrected chi connectivity index (χ3v) is 8.99. The van der Waals surface area contributed by atoms with E-state index in [0.29, 0.717) is 30.7 Å². The van der Waals surface area contributed by atoms with E-state index in [1.165, 1.54) is 89.0 Å². The molecule has 2 bridgehead atoms. The minimum Gasteiger partial charge on any atom is -0.366 e. The predicted octanol–water partition coefficient (Wildman–Crippen LogP) is 8.43. The van der Waals surface area contributed by atoms with E-state index in [-0.39, 0.29) is 12.4 Å². The van der Waals surface area contributed by atoms with Gasteiger partial charge in [-0.1, -0.05) is 82.4 Å². The van der Waals surface area contributed by atoms with Gasteiger partial charge in [-0.3, -0.25) is 0 Å². The van der Waals surface area contributed by atoms with Gasteiger partial charge in [-0.2, -0.15) is 0 Å². The molecular formula is C31H48O3. The normalized spacial score (nSPS) is 31.4. The van der Waals surface area contributed by atoms with Crippen molar-refractivity contribution < 1.29 is 14.2 Å². The Labute approximate surface area is 208 Å². The summed E-state index contributed by atoms with van der Waals surface area (Å²) in [6.07, 6.45) is 23.2. The van der Waals surface area contributed by atoms with E-state index >= 15 is 0 Å². The Kier molecular flexibility index (Phi) is 9.68. The third-order valence-electron chi connectivity index (χ3n) is 8.99. The third kappa shape index (κ3) is 6.53. The molecule has 1 heterocycles. The molecule has 0 amide bonds. The summed E-state index contributed by atoms with van der Waals surface area (Å²) >= 11 is 0. The highest BCUT2D eigenvalue weighted by Gasteiger charge is 2.48. The molecule has 3 aliphatic carbocycles. The Bertz CT molecular complexity index is 720. The first-order chi connectivity index (χ1) is 16.7. The zero-order valence-corrected chi connectivity index (χ0v) is 21.9. The molecule has 5 rings (SSSR count). The first-order valence-corrected chi connectivity index (χ1v) is 14.3. The van der Waals surface area contributed by atoms with Gasteiger partial charge in [0.05, 0.1) is 19.8 Å².